The summed E-state index contributed by atoms with van der Waals surface area (Å²) < 4.78 is 63.6. The summed E-state index contributed by atoms with van der Waals surface area (Å²) in [6.07, 6.45) is 2.94. The molecule has 2 aliphatic rings. The quantitative estimate of drug-likeness (QED) is 0.166. The van der Waals surface area contributed by atoms with E-state index in [2.05, 4.69) is 74.9 Å². The van der Waals surface area contributed by atoms with Gasteiger partial charge in [0.25, 0.3) is 0 Å². The van der Waals surface area contributed by atoms with Gasteiger partial charge in [-0.3, -0.25) is 0 Å². The minimum Gasteiger partial charge on any atom is -0.0619 e. The van der Waals surface area contributed by atoms with Crippen molar-refractivity contribution in [3.05, 3.63) is 129 Å². The van der Waals surface area contributed by atoms with Crippen LogP contribution in [-0.2, 0) is 43.6 Å². The molecule has 0 spiro atoms. The zero-order valence-electron chi connectivity index (χ0n) is 33.9. The van der Waals surface area contributed by atoms with E-state index in [1.165, 1.54) is 10.1 Å². The molecule has 10 rings (SSSR count). The molecule has 4 heterocycles. The van der Waals surface area contributed by atoms with Crippen molar-refractivity contribution in [2.75, 3.05) is 0 Å². The van der Waals surface area contributed by atoms with E-state index >= 15 is 0 Å². The predicted molar refractivity (Wildman–Crippen MR) is 199 cm³/mol. The molecule has 6 heteroatoms. The van der Waals surface area contributed by atoms with Crippen molar-refractivity contribution in [1.82, 2.24) is 18.5 Å². The number of pyridine rings is 1. The smallest absolute Gasteiger partial charge is 0.0197 e. The fraction of sp³-hybridized carbons (Fsp3) is 0.227. The van der Waals surface area contributed by atoms with Crippen molar-refractivity contribution in [2.24, 2.45) is 6.98 Å². The first kappa shape index (κ1) is 24.4. The minimum absolute atomic E-state index is 0.295. The number of hydrogen-bond acceptors (Lipinski definition) is 2. The van der Waals surface area contributed by atoms with Gasteiger partial charge in [0.15, 0.2) is 0 Å². The molecule has 5 aromatic carbocycles. The molecule has 8 aromatic rings. The van der Waals surface area contributed by atoms with E-state index in [1.54, 1.807) is 0 Å². The topological polar surface area (TPSA) is 36.4 Å². The molecule has 50 heavy (non-hydrogen) atoms. The summed E-state index contributed by atoms with van der Waals surface area (Å²) in [5.41, 5.74) is 9.14. The van der Waals surface area contributed by atoms with Crippen LogP contribution < -0.4 is 4.74 Å². The Bertz CT molecular complexity index is 3040. The molecular formula is C44H38N4OPt. The van der Waals surface area contributed by atoms with Gasteiger partial charge in [0.1, 0.15) is 0 Å². The van der Waals surface area contributed by atoms with E-state index in [0.717, 1.165) is 80.3 Å². The summed E-state index contributed by atoms with van der Waals surface area (Å²) in [7, 11) is 0. The molecule has 1 aliphatic carbocycles. The van der Waals surface area contributed by atoms with Crippen LogP contribution in [0, 0.1) is 10.7 Å². The zero-order chi connectivity index (χ0) is 39.1. The van der Waals surface area contributed by atoms with E-state index in [-0.39, 0.29) is 10.8 Å². The summed E-state index contributed by atoms with van der Waals surface area (Å²) in [4.78, 5) is 5.54. The van der Waals surface area contributed by atoms with E-state index in [1.807, 2.05) is 77.4 Å². The second kappa shape index (κ2) is 10.4. The number of imidazole rings is 2. The van der Waals surface area contributed by atoms with Gasteiger partial charge < -0.3 is 0 Å². The van der Waals surface area contributed by atoms with Gasteiger partial charge in [0.2, 0.25) is 0 Å². The average Bonchev–Trinajstić information content (AvgIpc) is 3.69. The third-order valence-electron chi connectivity index (χ3n) is 11.8. The van der Waals surface area contributed by atoms with Gasteiger partial charge >= 0.3 is 197 Å². The Morgan fingerprint density at radius 3 is 2.52 bits per heavy atom. The van der Waals surface area contributed by atoms with Crippen LogP contribution in [0.3, 0.4) is 0 Å². The number of para-hydroxylation sites is 2. The van der Waals surface area contributed by atoms with Crippen LogP contribution in [0.5, 0.6) is 11.5 Å². The molecule has 3 aromatic heterocycles. The van der Waals surface area contributed by atoms with Gasteiger partial charge in [0, 0.05) is 20.5 Å². The molecule has 0 fully saturated rings. The summed E-state index contributed by atoms with van der Waals surface area (Å²) in [6, 6.07) is 33.4. The Morgan fingerprint density at radius 1 is 0.840 bits per heavy atom. The molecule has 5 nitrogen and oxygen atoms in total. The van der Waals surface area contributed by atoms with E-state index in [9.17, 15) is 0 Å². The summed E-state index contributed by atoms with van der Waals surface area (Å²) in [5.74, 6) is 1.14. The molecule has 0 N–H and O–H groups in total. The number of aromatic nitrogens is 4. The van der Waals surface area contributed by atoms with Crippen LogP contribution in [0.4, 0.5) is 0 Å². The van der Waals surface area contributed by atoms with E-state index < -0.39 is 13.8 Å². The maximum Gasteiger partial charge on any atom is 0.0197 e. The molecule has 0 saturated heterocycles. The Kier molecular flexibility index (Phi) is 5.08. The first-order valence-corrected chi connectivity index (χ1v) is 18.2. The van der Waals surface area contributed by atoms with Crippen LogP contribution in [-0.4, -0.2) is 18.5 Å². The van der Waals surface area contributed by atoms with Crippen LogP contribution in [0.1, 0.15) is 64.2 Å². The molecular weight excluding hydrogens is 796 g/mol. The molecule has 1 aliphatic heterocycles. The number of rotatable bonds is 3. The van der Waals surface area contributed by atoms with E-state index in [4.69, 9.17) is 17.9 Å². The van der Waals surface area contributed by atoms with Crippen molar-refractivity contribution >= 4 is 38.4 Å². The first-order valence-electron chi connectivity index (χ1n) is 20.1. The SMILES string of the molecule is [2H]C([2H])([2H])c1ccc2c3c1c1ccc(Oc4cccc(-n5[c](=[Pt])n(C([2H])([2H])[2H])c6ccccc65)c4)cc1c1nc4c(n13)C(C)(CCCc1ccccc1-4)C2(C)C. The summed E-state index contributed by atoms with van der Waals surface area (Å²) in [6.45, 7) is 2.28. The van der Waals surface area contributed by atoms with Gasteiger partial charge in [-0.15, -0.1) is 0 Å². The minimum atomic E-state index is -2.36. The van der Waals surface area contributed by atoms with Crippen LogP contribution in [0.2, 0.25) is 0 Å². The third-order valence-corrected chi connectivity index (χ3v) is 12.8. The molecule has 250 valence electrons. The number of nitrogens with zero attached hydrogens (tertiary/aromatic N) is 4. The summed E-state index contributed by atoms with van der Waals surface area (Å²) in [5, 5.41) is 2.35. The van der Waals surface area contributed by atoms with Crippen molar-refractivity contribution in [1.29, 1.82) is 0 Å². The van der Waals surface area contributed by atoms with Crippen molar-refractivity contribution in [3.63, 3.8) is 0 Å². The number of benzene rings is 5. The van der Waals surface area contributed by atoms with Gasteiger partial charge in [-0.2, -0.15) is 0 Å². The standard InChI is InChI=1S/C44H38N4O.Pt/c1-27-19-22-35-40-38(27)33-21-20-31(49-30-15-10-14-29(24-30)47-26-46(5)36-17-8-9-18-37(36)47)25-34(33)42-45-39-32-16-7-6-12-28(32)13-11-23-44(4,43(35,2)3)41(39)48(40)42;/h6-10,12,14-22,24-25H,11,13,23H2,1-5H3;/i1D3,5D3;. The maximum absolute atomic E-state index is 8.70. The Morgan fingerprint density at radius 2 is 1.66 bits per heavy atom. The number of fused-ring (bicyclic) bond motifs is 6. The second-order valence-corrected chi connectivity index (χ2v) is 15.5. The third kappa shape index (κ3) is 3.87. The second-order valence-electron chi connectivity index (χ2n) is 14.5. The number of hydrogen-bond donors (Lipinski definition) is 0. The molecule has 1 unspecified atom stereocenters. The average molecular weight is 840 g/mol. The van der Waals surface area contributed by atoms with Crippen molar-refractivity contribution < 1.29 is 32.3 Å². The largest absolute Gasteiger partial charge is 0.0619 e. The van der Waals surface area contributed by atoms with Gasteiger partial charge in [-0.25, -0.2) is 0 Å². The zero-order valence-corrected chi connectivity index (χ0v) is 30.2. The van der Waals surface area contributed by atoms with Crippen LogP contribution >= 0.6 is 0 Å². The fourth-order valence-corrected chi connectivity index (χ4v) is 9.76. The fourth-order valence-electron chi connectivity index (χ4n) is 8.92. The van der Waals surface area contributed by atoms with E-state index in [0.29, 0.717) is 26.4 Å². The van der Waals surface area contributed by atoms with Crippen LogP contribution in [0.15, 0.2) is 103 Å². The van der Waals surface area contributed by atoms with Crippen molar-refractivity contribution in [2.45, 2.75) is 57.7 Å². The number of aryl methyl sites for hydroxylation is 3. The summed E-state index contributed by atoms with van der Waals surface area (Å²) >= 11 is 2.07. The number of ether oxygens (including phenoxy) is 1. The molecule has 0 amide bonds. The molecule has 0 saturated carbocycles. The normalized spacial score (nSPS) is 20.1. The first-order chi connectivity index (χ1) is 26.6. The Hall–Kier alpha value is -4.73. The van der Waals surface area contributed by atoms with Crippen LogP contribution in [0.25, 0.3) is 55.3 Å². The molecule has 1 atom stereocenters. The predicted octanol–water partition coefficient (Wildman–Crippen LogP) is 10.7. The van der Waals surface area contributed by atoms with Gasteiger partial charge in [-0.05, 0) is 37.2 Å². The van der Waals surface area contributed by atoms with Crippen molar-refractivity contribution in [3.8, 4) is 28.4 Å². The maximum atomic E-state index is 8.70. The molecule has 0 radical (unpaired) electrons. The molecule has 0 bridgehead atoms. The monoisotopic (exact) mass is 839 g/mol. The Balaban J connectivity index is 1.23. The Labute approximate surface area is 310 Å². The van der Waals surface area contributed by atoms with Gasteiger partial charge in [-0.1, -0.05) is 57.2 Å². The van der Waals surface area contributed by atoms with Gasteiger partial charge in [0.05, 0.1) is 0 Å².